The second-order valence-corrected chi connectivity index (χ2v) is 6.54. The van der Waals surface area contributed by atoms with Crippen molar-refractivity contribution >= 4 is 41.3 Å². The molecule has 0 spiro atoms. The Bertz CT molecular complexity index is 710. The lowest BCUT2D eigenvalue weighted by molar-refractivity contribution is -0.140. The van der Waals surface area contributed by atoms with Crippen LogP contribution in [0.15, 0.2) is 40.7 Å². The number of halogens is 4. The monoisotopic (exact) mass is 528 g/mol. The first kappa shape index (κ1) is 24.6. The lowest BCUT2D eigenvalue weighted by Gasteiger charge is -2.10. The number of aromatic nitrogens is 1. The van der Waals surface area contributed by atoms with Gasteiger partial charge in [-0.05, 0) is 12.5 Å². The fourth-order valence-corrected chi connectivity index (χ4v) is 2.98. The predicted molar refractivity (Wildman–Crippen MR) is 116 cm³/mol. The molecule has 0 aliphatic heterocycles. The number of ether oxygens (including phenoxy) is 1. The van der Waals surface area contributed by atoms with E-state index in [1.165, 1.54) is 0 Å². The van der Waals surface area contributed by atoms with Crippen LogP contribution in [0.2, 0.25) is 0 Å². The van der Waals surface area contributed by atoms with E-state index in [2.05, 4.69) is 20.6 Å². The van der Waals surface area contributed by atoms with E-state index in [0.717, 1.165) is 22.3 Å². The van der Waals surface area contributed by atoms with E-state index < -0.39 is 11.9 Å². The molecule has 0 unspecified atom stereocenters. The fraction of sp³-hybridized carbons (Fsp3) is 0.444. The van der Waals surface area contributed by atoms with Gasteiger partial charge in [0.2, 0.25) is 0 Å². The minimum Gasteiger partial charge on any atom is -0.375 e. The van der Waals surface area contributed by atoms with Crippen LogP contribution < -0.4 is 10.6 Å². The van der Waals surface area contributed by atoms with Gasteiger partial charge in [0.05, 0.1) is 24.8 Å². The number of rotatable bonds is 9. The Labute approximate surface area is 183 Å². The molecule has 0 atom stereocenters. The molecule has 1 aromatic heterocycles. The molecular formula is C18H24F3IN4OS. The van der Waals surface area contributed by atoms with Crippen molar-refractivity contribution in [3.05, 3.63) is 52.0 Å². The fourth-order valence-electron chi connectivity index (χ4n) is 2.17. The summed E-state index contributed by atoms with van der Waals surface area (Å²) in [6.45, 7) is 4.57. The summed E-state index contributed by atoms with van der Waals surface area (Å²) in [5, 5.41) is 7.67. The molecule has 156 valence electrons. The average Bonchev–Trinajstić information content (AvgIpc) is 3.11. The van der Waals surface area contributed by atoms with Crippen LogP contribution >= 0.6 is 35.3 Å². The highest BCUT2D eigenvalue weighted by Gasteiger charge is 2.33. The van der Waals surface area contributed by atoms with Crippen molar-refractivity contribution in [2.75, 3.05) is 26.2 Å². The summed E-state index contributed by atoms with van der Waals surface area (Å²) in [7, 11) is 0. The zero-order valence-corrected chi connectivity index (χ0v) is 18.6. The van der Waals surface area contributed by atoms with Crippen LogP contribution in [0.4, 0.5) is 13.2 Å². The molecule has 2 rings (SSSR count). The number of hydrogen-bond acceptors (Lipinski definition) is 4. The molecule has 5 nitrogen and oxygen atoms in total. The zero-order chi connectivity index (χ0) is 19.5. The summed E-state index contributed by atoms with van der Waals surface area (Å²) in [4.78, 5) is 8.01. The molecule has 0 amide bonds. The van der Waals surface area contributed by atoms with E-state index in [0.29, 0.717) is 50.2 Å². The summed E-state index contributed by atoms with van der Waals surface area (Å²) >= 11 is 1.01. The van der Waals surface area contributed by atoms with Gasteiger partial charge in [0, 0.05) is 24.9 Å². The van der Waals surface area contributed by atoms with Gasteiger partial charge in [0.1, 0.15) is 0 Å². The second kappa shape index (κ2) is 12.9. The number of thiazole rings is 1. The molecule has 0 radical (unpaired) electrons. The number of benzene rings is 1. The van der Waals surface area contributed by atoms with E-state index >= 15 is 0 Å². The molecule has 0 aliphatic carbocycles. The topological polar surface area (TPSA) is 58.5 Å². The number of nitrogens with one attached hydrogen (secondary N) is 2. The Morgan fingerprint density at radius 2 is 1.96 bits per heavy atom. The van der Waals surface area contributed by atoms with Crippen molar-refractivity contribution < 1.29 is 17.9 Å². The number of guanidine groups is 1. The van der Waals surface area contributed by atoms with Gasteiger partial charge in [0.15, 0.2) is 11.7 Å². The van der Waals surface area contributed by atoms with Gasteiger partial charge in [-0.1, -0.05) is 30.3 Å². The van der Waals surface area contributed by atoms with E-state index in [1.54, 1.807) is 0 Å². The van der Waals surface area contributed by atoms with Gasteiger partial charge >= 0.3 is 6.18 Å². The molecule has 1 heterocycles. The molecule has 1 aromatic carbocycles. The minimum atomic E-state index is -4.39. The van der Waals surface area contributed by atoms with E-state index in [4.69, 9.17) is 4.74 Å². The number of nitrogens with zero attached hydrogens (tertiary/aromatic N) is 2. The Balaban J connectivity index is 0.00000392. The molecule has 0 saturated heterocycles. The van der Waals surface area contributed by atoms with Gasteiger partial charge in [-0.3, -0.25) is 4.99 Å². The SMILES string of the molecule is CCNC(=NCCOCc1ccccc1)NCCc1nc(C(F)(F)F)cs1.I. The second-order valence-electron chi connectivity index (χ2n) is 5.60. The molecule has 2 aromatic rings. The Morgan fingerprint density at radius 3 is 2.61 bits per heavy atom. The van der Waals surface area contributed by atoms with Gasteiger partial charge in [-0.25, -0.2) is 4.98 Å². The minimum absolute atomic E-state index is 0. The Morgan fingerprint density at radius 1 is 1.21 bits per heavy atom. The van der Waals surface area contributed by atoms with Gasteiger partial charge < -0.3 is 15.4 Å². The third-order valence-electron chi connectivity index (χ3n) is 3.43. The van der Waals surface area contributed by atoms with Crippen LogP contribution in [0.3, 0.4) is 0 Å². The largest absolute Gasteiger partial charge is 0.434 e. The normalized spacial score (nSPS) is 11.8. The van der Waals surface area contributed by atoms with Crippen molar-refractivity contribution in [2.24, 2.45) is 4.99 Å². The van der Waals surface area contributed by atoms with Crippen molar-refractivity contribution in [1.29, 1.82) is 0 Å². The molecular weight excluding hydrogens is 504 g/mol. The molecule has 0 bridgehead atoms. The number of hydrogen-bond donors (Lipinski definition) is 2. The maximum atomic E-state index is 12.6. The first-order valence-electron chi connectivity index (χ1n) is 8.64. The van der Waals surface area contributed by atoms with E-state index in [-0.39, 0.29) is 24.0 Å². The lowest BCUT2D eigenvalue weighted by atomic mass is 10.2. The molecule has 28 heavy (non-hydrogen) atoms. The highest BCUT2D eigenvalue weighted by Crippen LogP contribution is 2.29. The summed E-state index contributed by atoms with van der Waals surface area (Å²) in [6.07, 6.45) is -3.99. The molecule has 0 fully saturated rings. The van der Waals surface area contributed by atoms with Crippen LogP contribution in [-0.4, -0.2) is 37.2 Å². The average molecular weight is 528 g/mol. The first-order chi connectivity index (χ1) is 13.0. The highest BCUT2D eigenvalue weighted by atomic mass is 127. The number of alkyl halides is 3. The Kier molecular flexibility index (Phi) is 11.4. The van der Waals surface area contributed by atoms with Crippen molar-refractivity contribution in [1.82, 2.24) is 15.6 Å². The molecule has 0 aliphatic rings. The smallest absolute Gasteiger partial charge is 0.375 e. The number of aliphatic imine (C=N–C) groups is 1. The Hall–Kier alpha value is -1.40. The van der Waals surface area contributed by atoms with Gasteiger partial charge in [0.25, 0.3) is 0 Å². The summed E-state index contributed by atoms with van der Waals surface area (Å²) in [5.74, 6) is 0.605. The summed E-state index contributed by atoms with van der Waals surface area (Å²) in [5.41, 5.74) is 0.270. The highest BCUT2D eigenvalue weighted by molar-refractivity contribution is 14.0. The third kappa shape index (κ3) is 9.20. The van der Waals surface area contributed by atoms with E-state index in [9.17, 15) is 13.2 Å². The van der Waals surface area contributed by atoms with Crippen LogP contribution in [-0.2, 0) is 23.9 Å². The van der Waals surface area contributed by atoms with Gasteiger partial charge in [-0.2, -0.15) is 13.2 Å². The standard InChI is InChI=1S/C18H23F3N4OS.HI/c1-2-22-17(24-10-11-26-12-14-6-4-3-5-7-14)23-9-8-16-25-15(13-27-16)18(19,20)21;/h3-7,13H,2,8-12H2,1H3,(H2,22,23,24);1H. The summed E-state index contributed by atoms with van der Waals surface area (Å²) in [6, 6.07) is 9.88. The maximum absolute atomic E-state index is 12.6. The molecule has 0 saturated carbocycles. The molecule has 10 heteroatoms. The van der Waals surface area contributed by atoms with Crippen LogP contribution in [0.25, 0.3) is 0 Å². The van der Waals surface area contributed by atoms with Crippen molar-refractivity contribution in [3.8, 4) is 0 Å². The maximum Gasteiger partial charge on any atom is 0.434 e. The molecule has 2 N–H and O–H groups in total. The van der Waals surface area contributed by atoms with Crippen molar-refractivity contribution in [2.45, 2.75) is 26.1 Å². The summed E-state index contributed by atoms with van der Waals surface area (Å²) < 4.78 is 43.2. The van der Waals surface area contributed by atoms with E-state index in [1.807, 2.05) is 37.3 Å². The van der Waals surface area contributed by atoms with Crippen molar-refractivity contribution in [3.63, 3.8) is 0 Å². The predicted octanol–water partition coefficient (Wildman–Crippen LogP) is 4.09. The van der Waals surface area contributed by atoms with Gasteiger partial charge in [-0.15, -0.1) is 35.3 Å². The first-order valence-corrected chi connectivity index (χ1v) is 9.52. The van der Waals surface area contributed by atoms with Crippen LogP contribution in [0.5, 0.6) is 0 Å². The van der Waals surface area contributed by atoms with Crippen LogP contribution in [0.1, 0.15) is 23.2 Å². The quantitative estimate of drug-likeness (QED) is 0.223. The van der Waals surface area contributed by atoms with Crippen LogP contribution in [0, 0.1) is 0 Å². The lowest BCUT2D eigenvalue weighted by Crippen LogP contribution is -2.38. The third-order valence-corrected chi connectivity index (χ3v) is 4.34. The zero-order valence-electron chi connectivity index (χ0n) is 15.5.